The molecule has 0 saturated carbocycles. The fourth-order valence-electron chi connectivity index (χ4n) is 5.41. The van der Waals surface area contributed by atoms with Crippen LogP contribution in [0.15, 0.2) is 97.7 Å². The fraction of sp³-hybridized carbons (Fsp3) is 0.188. The van der Waals surface area contributed by atoms with Gasteiger partial charge in [-0.15, -0.1) is 6.58 Å². The van der Waals surface area contributed by atoms with Crippen LogP contribution in [-0.2, 0) is 0 Å². The van der Waals surface area contributed by atoms with Crippen LogP contribution in [0.3, 0.4) is 0 Å². The first-order chi connectivity index (χ1) is 17.6. The summed E-state index contributed by atoms with van der Waals surface area (Å²) in [6, 6.07) is 26.2. The van der Waals surface area contributed by atoms with Crippen molar-refractivity contribution in [2.45, 2.75) is 13.3 Å². The Morgan fingerprint density at radius 1 is 0.972 bits per heavy atom. The molecule has 1 N–H and O–H groups in total. The van der Waals surface area contributed by atoms with Gasteiger partial charge in [0.2, 0.25) is 0 Å². The number of aromatic nitrogens is 1. The second-order valence-corrected chi connectivity index (χ2v) is 9.72. The minimum atomic E-state index is 0.212. The molecule has 4 nitrogen and oxygen atoms in total. The third-order valence-electron chi connectivity index (χ3n) is 7.50. The first-order valence-electron chi connectivity index (χ1n) is 12.5. The molecular formula is C32H29N2O2+. The molecule has 2 unspecified atom stereocenters. The van der Waals surface area contributed by atoms with Gasteiger partial charge in [-0.2, -0.15) is 4.58 Å². The van der Waals surface area contributed by atoms with Gasteiger partial charge in [-0.3, -0.25) is 4.98 Å². The van der Waals surface area contributed by atoms with E-state index in [1.54, 1.807) is 12.1 Å². The predicted octanol–water partition coefficient (Wildman–Crippen LogP) is 6.93. The lowest BCUT2D eigenvalue weighted by Crippen LogP contribution is -2.38. The Hall–Kier alpha value is -4.18. The Morgan fingerprint density at radius 2 is 1.75 bits per heavy atom. The Morgan fingerprint density at radius 3 is 2.58 bits per heavy atom. The molecule has 5 aromatic rings. The molecule has 2 atom stereocenters. The molecule has 1 aromatic heterocycles. The summed E-state index contributed by atoms with van der Waals surface area (Å²) in [5.41, 5.74) is 1.74. The minimum Gasteiger partial charge on any atom is -0.508 e. The largest absolute Gasteiger partial charge is 0.508 e. The standard InChI is InChI=1S/C32H28N2O2/c1-3-22-20-34(17-15-21(22)2)32(28-14-16-33-30-13-12-24(35)19-29(28)30)36-31-18-23-8-4-5-9-25(23)26-10-6-7-11-27(26)31/h3-14,16,18-19,21-22H,1,15,17,20H2,2H3/p+1. The van der Waals surface area contributed by atoms with Crippen molar-refractivity contribution in [2.75, 3.05) is 13.1 Å². The van der Waals surface area contributed by atoms with E-state index < -0.39 is 0 Å². The van der Waals surface area contributed by atoms with Crippen LogP contribution in [0.1, 0.15) is 18.9 Å². The molecule has 36 heavy (non-hydrogen) atoms. The average Bonchev–Trinajstić information content (AvgIpc) is 2.92. The van der Waals surface area contributed by atoms with Gasteiger partial charge in [0.05, 0.1) is 11.1 Å². The molecule has 4 heteroatoms. The molecular weight excluding hydrogens is 444 g/mol. The zero-order valence-electron chi connectivity index (χ0n) is 20.4. The highest BCUT2D eigenvalue weighted by Crippen LogP contribution is 2.35. The van der Waals surface area contributed by atoms with Crippen molar-refractivity contribution in [2.24, 2.45) is 11.8 Å². The molecule has 1 aliphatic rings. The lowest BCUT2D eigenvalue weighted by Gasteiger charge is -2.25. The van der Waals surface area contributed by atoms with Gasteiger partial charge in [-0.05, 0) is 52.4 Å². The Labute approximate surface area is 210 Å². The molecule has 0 bridgehead atoms. The van der Waals surface area contributed by atoms with E-state index in [-0.39, 0.29) is 5.75 Å². The van der Waals surface area contributed by atoms with E-state index in [4.69, 9.17) is 4.74 Å². The predicted molar refractivity (Wildman–Crippen MR) is 147 cm³/mol. The number of hydrogen-bond donors (Lipinski definition) is 1. The Balaban J connectivity index is 1.60. The second-order valence-electron chi connectivity index (χ2n) is 9.72. The Kier molecular flexibility index (Phi) is 5.65. The number of ether oxygens (including phenoxy) is 1. The lowest BCUT2D eigenvalue weighted by molar-refractivity contribution is -0.552. The van der Waals surface area contributed by atoms with Crippen LogP contribution < -0.4 is 4.74 Å². The van der Waals surface area contributed by atoms with Gasteiger partial charge in [-0.1, -0.05) is 61.5 Å². The van der Waals surface area contributed by atoms with Gasteiger partial charge >= 0.3 is 5.90 Å². The fourth-order valence-corrected chi connectivity index (χ4v) is 5.41. The van der Waals surface area contributed by atoms with E-state index >= 15 is 0 Å². The maximum Gasteiger partial charge on any atom is 0.376 e. The van der Waals surface area contributed by atoms with Crippen LogP contribution in [0.4, 0.5) is 0 Å². The zero-order valence-corrected chi connectivity index (χ0v) is 20.4. The smallest absolute Gasteiger partial charge is 0.376 e. The number of pyridine rings is 1. The van der Waals surface area contributed by atoms with Crippen molar-refractivity contribution in [3.63, 3.8) is 0 Å². The zero-order chi connectivity index (χ0) is 24.6. The summed E-state index contributed by atoms with van der Waals surface area (Å²) in [4.78, 5) is 4.54. The lowest BCUT2D eigenvalue weighted by atomic mass is 9.88. The number of fused-ring (bicyclic) bond motifs is 4. The number of piperidine rings is 1. The monoisotopic (exact) mass is 473 g/mol. The molecule has 1 fully saturated rings. The molecule has 1 aliphatic heterocycles. The molecule has 0 aliphatic carbocycles. The molecule has 178 valence electrons. The highest BCUT2D eigenvalue weighted by molar-refractivity contribution is 6.12. The average molecular weight is 474 g/mol. The summed E-state index contributed by atoms with van der Waals surface area (Å²) in [7, 11) is 0. The maximum atomic E-state index is 10.3. The van der Waals surface area contributed by atoms with Crippen molar-refractivity contribution < 1.29 is 14.4 Å². The van der Waals surface area contributed by atoms with E-state index in [1.807, 2.05) is 18.3 Å². The van der Waals surface area contributed by atoms with Crippen molar-refractivity contribution >= 4 is 38.3 Å². The number of nitrogens with zero attached hydrogens (tertiary/aromatic N) is 2. The highest BCUT2D eigenvalue weighted by Gasteiger charge is 2.32. The first-order valence-corrected chi connectivity index (χ1v) is 12.5. The van der Waals surface area contributed by atoms with Gasteiger partial charge in [-0.25, -0.2) is 0 Å². The van der Waals surface area contributed by atoms with Crippen molar-refractivity contribution in [1.29, 1.82) is 0 Å². The van der Waals surface area contributed by atoms with Crippen LogP contribution in [0.2, 0.25) is 0 Å². The number of benzene rings is 4. The summed E-state index contributed by atoms with van der Waals surface area (Å²) >= 11 is 0. The number of hydrogen-bond acceptors (Lipinski definition) is 3. The molecule has 2 heterocycles. The normalized spacial score (nSPS) is 19.5. The first kappa shape index (κ1) is 22.3. The minimum absolute atomic E-state index is 0.212. The molecule has 4 aromatic carbocycles. The van der Waals surface area contributed by atoms with Crippen LogP contribution in [-0.4, -0.2) is 33.7 Å². The van der Waals surface area contributed by atoms with E-state index in [1.165, 1.54) is 10.8 Å². The number of aromatic hydroxyl groups is 1. The summed E-state index contributed by atoms with van der Waals surface area (Å²) in [5, 5.41) is 15.8. The highest BCUT2D eigenvalue weighted by atomic mass is 16.5. The Bertz CT molecular complexity index is 1650. The third kappa shape index (κ3) is 3.89. The molecule has 0 spiro atoms. The summed E-state index contributed by atoms with van der Waals surface area (Å²) in [6.45, 7) is 8.11. The molecule has 6 rings (SSSR count). The number of phenols is 1. The van der Waals surface area contributed by atoms with Crippen LogP contribution in [0.5, 0.6) is 11.5 Å². The van der Waals surface area contributed by atoms with Gasteiger partial charge < -0.3 is 9.84 Å². The van der Waals surface area contributed by atoms with Gasteiger partial charge in [0, 0.05) is 29.3 Å². The van der Waals surface area contributed by atoms with E-state index in [9.17, 15) is 5.11 Å². The van der Waals surface area contributed by atoms with Gasteiger partial charge in [0.1, 0.15) is 18.0 Å². The molecule has 1 saturated heterocycles. The van der Waals surface area contributed by atoms with E-state index in [0.29, 0.717) is 11.8 Å². The topological polar surface area (TPSA) is 45.4 Å². The SMILES string of the molecule is C=CC1C[N+](=C(Oc2cc3ccccc3c3ccccc23)c2ccnc3ccc(O)cc23)CCC1C. The maximum absolute atomic E-state index is 10.3. The second kappa shape index (κ2) is 9.12. The van der Waals surface area contributed by atoms with Gasteiger partial charge in [0.15, 0.2) is 6.54 Å². The van der Waals surface area contributed by atoms with Crippen molar-refractivity contribution in [3.05, 3.63) is 103 Å². The van der Waals surface area contributed by atoms with E-state index in [2.05, 4.69) is 83.7 Å². The van der Waals surface area contributed by atoms with E-state index in [0.717, 1.165) is 58.4 Å². The van der Waals surface area contributed by atoms with Crippen molar-refractivity contribution in [1.82, 2.24) is 4.98 Å². The molecule has 0 amide bonds. The van der Waals surface area contributed by atoms with Crippen LogP contribution >= 0.6 is 0 Å². The number of rotatable bonds is 3. The number of phenolic OH excluding ortho intramolecular Hbond substituents is 1. The summed E-state index contributed by atoms with van der Waals surface area (Å²) < 4.78 is 9.26. The van der Waals surface area contributed by atoms with Crippen molar-refractivity contribution in [3.8, 4) is 11.5 Å². The van der Waals surface area contributed by atoms with Gasteiger partial charge in [0.25, 0.3) is 0 Å². The van der Waals surface area contributed by atoms with Crippen LogP contribution in [0.25, 0.3) is 32.4 Å². The summed E-state index contributed by atoms with van der Waals surface area (Å²) in [6.07, 6.45) is 4.93. The molecule has 0 radical (unpaired) electrons. The van der Waals surface area contributed by atoms with Crippen LogP contribution in [0, 0.1) is 11.8 Å². The summed E-state index contributed by atoms with van der Waals surface area (Å²) in [5.74, 6) is 2.75. The quantitative estimate of drug-likeness (QED) is 0.134. The third-order valence-corrected chi connectivity index (χ3v) is 7.50.